The van der Waals surface area contributed by atoms with E-state index in [1.165, 1.54) is 5.56 Å². The van der Waals surface area contributed by atoms with E-state index < -0.39 is 0 Å². The van der Waals surface area contributed by atoms with E-state index in [0.29, 0.717) is 18.9 Å². The Kier molecular flexibility index (Phi) is 3.85. The number of amides is 1. The maximum absolute atomic E-state index is 13.2. The molecule has 0 N–H and O–H groups in total. The monoisotopic (exact) mass is 342 g/mol. The molecule has 1 aromatic heterocycles. The molecule has 0 radical (unpaired) electrons. The van der Waals surface area contributed by atoms with Gasteiger partial charge in [-0.1, -0.05) is 23.4 Å². The Labute approximate surface area is 146 Å². The van der Waals surface area contributed by atoms with E-state index in [-0.39, 0.29) is 23.6 Å². The van der Waals surface area contributed by atoms with Gasteiger partial charge in [-0.15, -0.1) is 5.10 Å². The number of para-hydroxylation sites is 1. The van der Waals surface area contributed by atoms with Gasteiger partial charge in [0, 0.05) is 18.3 Å². The fraction of sp³-hybridized carbons (Fsp3) is 0.500. The fourth-order valence-corrected chi connectivity index (χ4v) is 3.78. The van der Waals surface area contributed by atoms with Crippen LogP contribution in [-0.4, -0.2) is 52.9 Å². The van der Waals surface area contributed by atoms with E-state index in [1.807, 2.05) is 23.1 Å². The van der Waals surface area contributed by atoms with Crippen LogP contribution in [0, 0.1) is 0 Å². The van der Waals surface area contributed by atoms with Gasteiger partial charge in [-0.05, 0) is 31.9 Å². The maximum atomic E-state index is 13.2. The molecule has 0 saturated carbocycles. The highest BCUT2D eigenvalue weighted by Crippen LogP contribution is 2.39. The molecule has 2 aliphatic rings. The summed E-state index contributed by atoms with van der Waals surface area (Å²) in [5, 5.41) is 8.27. The number of carbonyl (C=O) groups is 1. The number of ether oxygens (including phenoxy) is 2. The van der Waals surface area contributed by atoms with E-state index in [9.17, 15) is 4.79 Å². The molecule has 1 aromatic carbocycles. The second-order valence-corrected chi connectivity index (χ2v) is 7.22. The van der Waals surface area contributed by atoms with Crippen molar-refractivity contribution in [1.29, 1.82) is 0 Å². The molecule has 0 aliphatic carbocycles. The van der Waals surface area contributed by atoms with Gasteiger partial charge in [0.1, 0.15) is 12.1 Å². The summed E-state index contributed by atoms with van der Waals surface area (Å²) < 4.78 is 12.6. The highest BCUT2D eigenvalue weighted by atomic mass is 16.5. The Bertz CT molecular complexity index is 801. The first-order valence-corrected chi connectivity index (χ1v) is 8.46. The molecule has 7 heteroatoms. The molecule has 2 atom stereocenters. The van der Waals surface area contributed by atoms with Gasteiger partial charge in [-0.3, -0.25) is 4.79 Å². The van der Waals surface area contributed by atoms with Gasteiger partial charge in [-0.25, -0.2) is 4.68 Å². The van der Waals surface area contributed by atoms with Crippen LogP contribution < -0.4 is 4.90 Å². The zero-order valence-corrected chi connectivity index (χ0v) is 14.7. The topological polar surface area (TPSA) is 69.5 Å². The number of methoxy groups -OCH3 is 1. The van der Waals surface area contributed by atoms with Gasteiger partial charge >= 0.3 is 0 Å². The van der Waals surface area contributed by atoms with E-state index in [0.717, 1.165) is 12.1 Å². The smallest absolute Gasteiger partial charge is 0.280 e. The molecule has 25 heavy (non-hydrogen) atoms. The van der Waals surface area contributed by atoms with E-state index in [1.54, 1.807) is 18.0 Å². The summed E-state index contributed by atoms with van der Waals surface area (Å²) >= 11 is 0. The van der Waals surface area contributed by atoms with Crippen LogP contribution in [0.25, 0.3) is 0 Å². The number of aromatic nitrogens is 3. The highest BCUT2D eigenvalue weighted by Gasteiger charge is 2.41. The third-order valence-electron chi connectivity index (χ3n) is 5.04. The third-order valence-corrected chi connectivity index (χ3v) is 5.04. The average Bonchev–Trinajstić information content (AvgIpc) is 3.29. The lowest BCUT2D eigenvalue weighted by Gasteiger charge is -2.31. The van der Waals surface area contributed by atoms with E-state index in [4.69, 9.17) is 9.47 Å². The van der Waals surface area contributed by atoms with Crippen LogP contribution in [0.1, 0.15) is 35.9 Å². The SMILES string of the molecule is CO[C@@H]1COC[C@H]1n1cc(C(=O)N2c3ccccc3CC2(C)C)nn1. The quantitative estimate of drug-likeness (QED) is 0.851. The van der Waals surface area contributed by atoms with Crippen molar-refractivity contribution in [1.82, 2.24) is 15.0 Å². The summed E-state index contributed by atoms with van der Waals surface area (Å²) in [5.74, 6) is -0.130. The molecule has 0 spiro atoms. The van der Waals surface area contributed by atoms with Crippen molar-refractivity contribution in [2.45, 2.75) is 38.0 Å². The van der Waals surface area contributed by atoms with Gasteiger partial charge in [0.25, 0.3) is 5.91 Å². The first-order valence-electron chi connectivity index (χ1n) is 8.46. The van der Waals surface area contributed by atoms with E-state index >= 15 is 0 Å². The van der Waals surface area contributed by atoms with Crippen LogP contribution in [-0.2, 0) is 15.9 Å². The van der Waals surface area contributed by atoms with Crippen LogP contribution >= 0.6 is 0 Å². The summed E-state index contributed by atoms with van der Waals surface area (Å²) in [6.07, 6.45) is 2.45. The molecule has 7 nitrogen and oxygen atoms in total. The van der Waals surface area contributed by atoms with Gasteiger partial charge in [-0.2, -0.15) is 0 Å². The number of carbonyl (C=O) groups excluding carboxylic acids is 1. The lowest BCUT2D eigenvalue weighted by Crippen LogP contribution is -2.45. The zero-order valence-electron chi connectivity index (χ0n) is 14.7. The number of hydrogen-bond acceptors (Lipinski definition) is 5. The molecule has 1 saturated heterocycles. The molecule has 2 aromatic rings. The Hall–Kier alpha value is -2.25. The Morgan fingerprint density at radius 1 is 1.32 bits per heavy atom. The summed E-state index contributed by atoms with van der Waals surface area (Å²) in [7, 11) is 1.65. The van der Waals surface area contributed by atoms with Gasteiger partial charge in [0.2, 0.25) is 0 Å². The molecule has 0 unspecified atom stereocenters. The van der Waals surface area contributed by atoms with Crippen molar-refractivity contribution < 1.29 is 14.3 Å². The number of nitrogens with zero attached hydrogens (tertiary/aromatic N) is 4. The van der Waals surface area contributed by atoms with Crippen molar-refractivity contribution in [3.8, 4) is 0 Å². The summed E-state index contributed by atoms with van der Waals surface area (Å²) in [6, 6.07) is 7.96. The normalized spacial score (nSPS) is 24.5. The minimum Gasteiger partial charge on any atom is -0.377 e. The summed E-state index contributed by atoms with van der Waals surface area (Å²) in [6.45, 7) is 5.17. The fourth-order valence-electron chi connectivity index (χ4n) is 3.78. The first kappa shape index (κ1) is 16.2. The van der Waals surface area contributed by atoms with Gasteiger partial charge in [0.05, 0.1) is 19.4 Å². The second kappa shape index (κ2) is 5.93. The predicted octanol–water partition coefficient (Wildman–Crippen LogP) is 1.85. The second-order valence-electron chi connectivity index (χ2n) is 7.22. The molecule has 2 aliphatic heterocycles. The van der Waals surface area contributed by atoms with E-state index in [2.05, 4.69) is 30.2 Å². The highest BCUT2D eigenvalue weighted by molar-refractivity contribution is 6.07. The minimum atomic E-state index is -0.296. The summed E-state index contributed by atoms with van der Waals surface area (Å²) in [5.41, 5.74) is 2.17. The van der Waals surface area contributed by atoms with Crippen molar-refractivity contribution >= 4 is 11.6 Å². The van der Waals surface area contributed by atoms with Gasteiger partial charge < -0.3 is 14.4 Å². The Balaban J connectivity index is 1.64. The van der Waals surface area contributed by atoms with Crippen molar-refractivity contribution in [3.05, 3.63) is 41.7 Å². The molecule has 0 bridgehead atoms. The minimum absolute atomic E-state index is 0.0575. The van der Waals surface area contributed by atoms with Gasteiger partial charge in [0.15, 0.2) is 5.69 Å². The molecule has 4 rings (SSSR count). The predicted molar refractivity (Wildman–Crippen MR) is 91.7 cm³/mol. The Morgan fingerprint density at radius 3 is 2.92 bits per heavy atom. The number of hydrogen-bond donors (Lipinski definition) is 0. The van der Waals surface area contributed by atoms with Crippen molar-refractivity contribution in [2.75, 3.05) is 25.2 Å². The standard InChI is InChI=1S/C18H22N4O3/c1-18(2)8-12-6-4-5-7-14(12)22(18)17(23)13-9-21(20-19-13)15-10-25-11-16(15)24-3/h4-7,9,15-16H,8,10-11H2,1-3H3/t15-,16-/m1/s1. The molecule has 1 fully saturated rings. The largest absolute Gasteiger partial charge is 0.377 e. The molecular weight excluding hydrogens is 320 g/mol. The van der Waals surface area contributed by atoms with Crippen LogP contribution in [0.2, 0.25) is 0 Å². The summed E-state index contributed by atoms with van der Waals surface area (Å²) in [4.78, 5) is 15.0. The number of fused-ring (bicyclic) bond motifs is 1. The first-order chi connectivity index (χ1) is 12.0. The third kappa shape index (κ3) is 2.63. The zero-order chi connectivity index (χ0) is 17.6. The van der Waals surface area contributed by atoms with Crippen molar-refractivity contribution in [2.24, 2.45) is 0 Å². The molecule has 1 amide bonds. The maximum Gasteiger partial charge on any atom is 0.280 e. The number of rotatable bonds is 3. The van der Waals surface area contributed by atoms with Crippen LogP contribution in [0.15, 0.2) is 30.5 Å². The van der Waals surface area contributed by atoms with Crippen LogP contribution in [0.3, 0.4) is 0 Å². The van der Waals surface area contributed by atoms with Crippen LogP contribution in [0.4, 0.5) is 5.69 Å². The molecule has 132 valence electrons. The average molecular weight is 342 g/mol. The molecule has 3 heterocycles. The van der Waals surface area contributed by atoms with Crippen LogP contribution in [0.5, 0.6) is 0 Å². The Morgan fingerprint density at radius 2 is 2.12 bits per heavy atom. The lowest BCUT2D eigenvalue weighted by molar-refractivity contribution is 0.0661. The number of anilines is 1. The van der Waals surface area contributed by atoms with Crippen molar-refractivity contribution in [3.63, 3.8) is 0 Å². The number of benzene rings is 1. The lowest BCUT2D eigenvalue weighted by atomic mass is 9.99. The molecular formula is C18H22N4O3.